The van der Waals surface area contributed by atoms with Crippen molar-refractivity contribution in [1.29, 1.82) is 0 Å². The van der Waals surface area contributed by atoms with Crippen LogP contribution in [0.15, 0.2) is 74.3 Å². The fraction of sp³-hybridized carbons (Fsp3) is 0.130. The van der Waals surface area contributed by atoms with E-state index in [1.807, 2.05) is 0 Å². The number of carboxylic acids is 1. The molecule has 16 nitrogen and oxygen atoms in total. The first-order valence-corrected chi connectivity index (χ1v) is 14.1. The zero-order valence-corrected chi connectivity index (χ0v) is 30.3. The maximum Gasteiger partial charge on any atom is 1.00 e. The molecule has 1 atom stereocenters. The molecule has 0 unspecified atom stereocenters. The van der Waals surface area contributed by atoms with Crippen LogP contribution in [0.5, 0.6) is 0 Å². The third-order valence-electron chi connectivity index (χ3n) is 5.90. The van der Waals surface area contributed by atoms with E-state index in [1.54, 1.807) is 0 Å². The first kappa shape index (κ1) is 38.0. The number of hydrogen-bond donors (Lipinski definition) is 3. The van der Waals surface area contributed by atoms with Gasteiger partial charge in [-0.3, -0.25) is 19.9 Å². The van der Waals surface area contributed by atoms with Crippen LogP contribution in [-0.2, 0) is 29.9 Å². The maximum absolute atomic E-state index is 13.1. The molecule has 0 spiro atoms. The van der Waals surface area contributed by atoms with Crippen LogP contribution in [0.1, 0.15) is 22.5 Å². The van der Waals surface area contributed by atoms with Gasteiger partial charge in [0, 0.05) is 0 Å². The van der Waals surface area contributed by atoms with Gasteiger partial charge < -0.3 is 14.2 Å². The molecule has 1 aliphatic rings. The second kappa shape index (κ2) is 15.4. The molecule has 4 rings (SSSR count). The summed E-state index contributed by atoms with van der Waals surface area (Å²) in [5.41, 5.74) is -1.46. The summed E-state index contributed by atoms with van der Waals surface area (Å²) in [7, 11) is -9.47. The molecule has 3 N–H and O–H groups in total. The number of aromatic amines is 1. The van der Waals surface area contributed by atoms with E-state index < -0.39 is 65.7 Å². The predicted molar refractivity (Wildman–Crippen MR) is 136 cm³/mol. The zero-order valence-electron chi connectivity index (χ0n) is 22.4. The molecule has 0 saturated heterocycles. The van der Waals surface area contributed by atoms with Gasteiger partial charge in [0.05, 0.1) is 38.4 Å². The van der Waals surface area contributed by atoms with E-state index in [9.17, 15) is 45.4 Å². The molecule has 0 saturated carbocycles. The van der Waals surface area contributed by atoms with Crippen LogP contribution in [0.25, 0.3) is 11.8 Å². The van der Waals surface area contributed by atoms with E-state index in [2.05, 4.69) is 15.1 Å². The number of carboxylic acid groups (broad SMARTS) is 1. The Bertz CT molecular complexity index is 1850. The van der Waals surface area contributed by atoms with Crippen LogP contribution in [0, 0.1) is 5.92 Å². The Balaban J connectivity index is 0.00000323. The molecule has 216 valence electrons. The van der Waals surface area contributed by atoms with Crippen LogP contribution in [0.2, 0.25) is 0 Å². The number of carbonyl (C=O) groups excluding carboxylic acids is 1. The summed E-state index contributed by atoms with van der Waals surface area (Å²) in [6, 6.07) is 8.52. The molecule has 0 fully saturated rings. The van der Waals surface area contributed by atoms with Crippen molar-refractivity contribution in [2.45, 2.75) is 16.2 Å². The Morgan fingerprint density at radius 1 is 0.953 bits per heavy atom. The largest absolute Gasteiger partial charge is 1.00 e. The average Bonchev–Trinajstić information content (AvgIpc) is 3.40. The minimum atomic E-state index is -4.75. The van der Waals surface area contributed by atoms with Crippen LogP contribution in [0.3, 0.4) is 0 Å². The number of hydrogen-bond acceptors (Lipinski definition) is 12. The average molecular weight is 685 g/mol. The Morgan fingerprint density at radius 2 is 1.47 bits per heavy atom. The van der Waals surface area contributed by atoms with Gasteiger partial charge in [0.1, 0.15) is 26.8 Å². The topological polar surface area (TPSA) is 252 Å². The fourth-order valence-electron chi connectivity index (χ4n) is 3.94. The van der Waals surface area contributed by atoms with Gasteiger partial charge in [-0.05, 0) is 55.0 Å². The summed E-state index contributed by atoms with van der Waals surface area (Å²) in [6.45, 7) is -0.486. The molecule has 2 aromatic carbocycles. The number of carbonyl (C=O) groups is 2. The minimum absolute atomic E-state index is 0. The number of rotatable bonds is 10. The second-order valence-corrected chi connectivity index (χ2v) is 11.2. The third-order valence-corrected chi connectivity index (χ3v) is 7.60. The van der Waals surface area contributed by atoms with Crippen molar-refractivity contribution in [3.8, 4) is 5.69 Å². The van der Waals surface area contributed by atoms with Crippen molar-refractivity contribution in [2.24, 2.45) is 11.0 Å². The molecular formula is C23H18K2N4O12S2. The minimum Gasteiger partial charge on any atom is -0.744 e. The molecule has 0 bridgehead atoms. The van der Waals surface area contributed by atoms with Crippen molar-refractivity contribution in [2.75, 3.05) is 11.6 Å². The molecule has 2 heterocycles. The summed E-state index contributed by atoms with van der Waals surface area (Å²) in [6.07, 6.45) is 2.33. The Kier molecular flexibility index (Phi) is 13.6. The van der Waals surface area contributed by atoms with Gasteiger partial charge in [0.15, 0.2) is 5.69 Å². The zero-order chi connectivity index (χ0) is 30.1. The maximum atomic E-state index is 13.1. The standard InChI is InChI=1S/C23H20N4O12S2.2K/c28-21-17(19(12-39-32)24-26(21)13-4-8-15(9-5-13)40(33,34)35)2-1-3-18-20(23(30)31)25-27(22(18)29)14-6-10-16(11-7-14)41(36,37)38;;/h1,3-11,17,25,32H,2,12H2,(H,30,31)(H,33,34,35)(H,36,37,38);;/q;2*+1/p-2/b3-1+;;/t17-;;/m1../s1. The van der Waals surface area contributed by atoms with Gasteiger partial charge in [-0.1, -0.05) is 12.2 Å². The van der Waals surface area contributed by atoms with Crippen molar-refractivity contribution in [3.05, 3.63) is 76.2 Å². The first-order chi connectivity index (χ1) is 19.2. The van der Waals surface area contributed by atoms with Gasteiger partial charge in [-0.25, -0.2) is 36.2 Å². The van der Waals surface area contributed by atoms with Crippen LogP contribution < -0.4 is 113 Å². The van der Waals surface area contributed by atoms with E-state index in [4.69, 9.17) is 5.26 Å². The Labute approximate surface area is 328 Å². The van der Waals surface area contributed by atoms with Crippen molar-refractivity contribution >= 4 is 49.6 Å². The van der Waals surface area contributed by atoms with Crippen LogP contribution in [0.4, 0.5) is 5.69 Å². The van der Waals surface area contributed by atoms with Crippen molar-refractivity contribution in [1.82, 2.24) is 9.78 Å². The molecule has 1 aliphatic heterocycles. The normalized spacial score (nSPS) is 15.2. The molecule has 3 aromatic rings. The molecule has 0 aliphatic carbocycles. The number of hydrazone groups is 1. The van der Waals surface area contributed by atoms with E-state index in [0.29, 0.717) is 0 Å². The van der Waals surface area contributed by atoms with Crippen LogP contribution >= 0.6 is 0 Å². The molecule has 1 amide bonds. The number of amides is 1. The number of benzene rings is 2. The van der Waals surface area contributed by atoms with E-state index in [1.165, 1.54) is 18.2 Å². The summed E-state index contributed by atoms with van der Waals surface area (Å²) in [5.74, 6) is -3.16. The number of allylic oxidation sites excluding steroid dienone is 1. The SMILES string of the molecule is O=C(O)c1[nH]n(-c2ccc(S(=O)(=O)[O-])cc2)c(=O)c1/C=C/C[C@H]1C(=O)N(c2ccc(S(=O)(=O)[O-])cc2)N=C1COO.[K+].[K+]. The molecule has 1 aromatic heterocycles. The summed E-state index contributed by atoms with van der Waals surface area (Å²) < 4.78 is 67.8. The van der Waals surface area contributed by atoms with Crippen LogP contribution in [-0.4, -0.2) is 70.3 Å². The number of H-pyrrole nitrogens is 1. The molecule has 43 heavy (non-hydrogen) atoms. The van der Waals surface area contributed by atoms with E-state index in [0.717, 1.165) is 52.2 Å². The Hall–Kier alpha value is -1.19. The molecule has 0 radical (unpaired) electrons. The quantitative estimate of drug-likeness (QED) is 0.0783. The first-order valence-electron chi connectivity index (χ1n) is 11.3. The molecular weight excluding hydrogens is 667 g/mol. The number of nitrogens with zero attached hydrogens (tertiary/aromatic N) is 3. The van der Waals surface area contributed by atoms with E-state index >= 15 is 0 Å². The second-order valence-electron chi connectivity index (χ2n) is 8.45. The summed E-state index contributed by atoms with van der Waals surface area (Å²) in [4.78, 5) is 40.9. The Morgan fingerprint density at radius 3 is 1.93 bits per heavy atom. The number of anilines is 1. The number of nitrogens with one attached hydrogen (secondary N) is 1. The van der Waals surface area contributed by atoms with Crippen molar-refractivity contribution < 1.29 is 154 Å². The smallest absolute Gasteiger partial charge is 0.744 e. The van der Waals surface area contributed by atoms with E-state index in [-0.39, 0.29) is 132 Å². The van der Waals surface area contributed by atoms with Gasteiger partial charge in [0.2, 0.25) is 0 Å². The monoisotopic (exact) mass is 684 g/mol. The van der Waals surface area contributed by atoms with Gasteiger partial charge in [-0.2, -0.15) is 5.10 Å². The molecule has 20 heteroatoms. The van der Waals surface area contributed by atoms with Gasteiger partial charge in [-0.15, -0.1) is 0 Å². The van der Waals surface area contributed by atoms with Gasteiger partial charge >= 0.3 is 109 Å². The third kappa shape index (κ3) is 8.75. The fourth-order valence-corrected chi connectivity index (χ4v) is 4.88. The number of aromatic carboxylic acids is 1. The van der Waals surface area contributed by atoms with Gasteiger partial charge in [0.25, 0.3) is 11.5 Å². The van der Waals surface area contributed by atoms with Crippen molar-refractivity contribution in [3.63, 3.8) is 0 Å². The summed E-state index contributed by atoms with van der Waals surface area (Å²) in [5, 5.41) is 25.9. The number of aromatic nitrogens is 2. The predicted octanol–water partition coefficient (Wildman–Crippen LogP) is -5.41. The summed E-state index contributed by atoms with van der Waals surface area (Å²) >= 11 is 0.